The first-order chi connectivity index (χ1) is 5.91. The highest BCUT2D eigenvalue weighted by molar-refractivity contribution is 6.24. The number of hydrogen-bond acceptors (Lipinski definition) is 3. The van der Waals surface area contributed by atoms with Gasteiger partial charge in [-0.15, -0.1) is 0 Å². The lowest BCUT2D eigenvalue weighted by molar-refractivity contribution is 0.0982. The minimum atomic E-state index is -1.19. The van der Waals surface area contributed by atoms with Gasteiger partial charge in [0.1, 0.15) is 0 Å². The van der Waals surface area contributed by atoms with Crippen LogP contribution in [0.3, 0.4) is 0 Å². The Kier molecular flexibility index (Phi) is 10.2. The van der Waals surface area contributed by atoms with E-state index in [4.69, 9.17) is 14.7 Å². The van der Waals surface area contributed by atoms with E-state index in [-0.39, 0.29) is 0 Å². The Morgan fingerprint density at radius 3 is 2.67 bits per heavy atom. The van der Waals surface area contributed by atoms with Crippen LogP contribution in [0.15, 0.2) is 0 Å². The molecular formula is C7H14NO3Si. The molecular weight excluding hydrogens is 174 g/mol. The van der Waals surface area contributed by atoms with Crippen molar-refractivity contribution in [2.45, 2.75) is 12.8 Å². The molecule has 0 aromatic carbocycles. The van der Waals surface area contributed by atoms with E-state index in [0.717, 1.165) is 6.42 Å². The van der Waals surface area contributed by atoms with E-state index in [1.165, 1.54) is 0 Å². The fraction of sp³-hybridized carbons (Fsp3) is 0.857. The molecule has 0 amide bonds. The summed E-state index contributed by atoms with van der Waals surface area (Å²) in [5.41, 5.74) is 0. The van der Waals surface area contributed by atoms with Crippen LogP contribution in [-0.2, 0) is 14.3 Å². The Morgan fingerprint density at radius 1 is 1.25 bits per heavy atom. The molecule has 1 radical (unpaired) electrons. The van der Waals surface area contributed by atoms with Gasteiger partial charge >= 0.3 is 0 Å². The lowest BCUT2D eigenvalue weighted by Gasteiger charge is -2.01. The molecule has 0 saturated carbocycles. The molecule has 0 aliphatic carbocycles. The van der Waals surface area contributed by atoms with Gasteiger partial charge in [-0.3, -0.25) is 0 Å². The van der Waals surface area contributed by atoms with Crippen molar-refractivity contribution in [1.82, 2.24) is 0 Å². The van der Waals surface area contributed by atoms with Crippen molar-refractivity contribution in [2.24, 2.45) is 0 Å². The summed E-state index contributed by atoms with van der Waals surface area (Å²) in [6.07, 6.45) is 1.66. The van der Waals surface area contributed by atoms with Crippen molar-refractivity contribution >= 4 is 9.76 Å². The van der Waals surface area contributed by atoms with Crippen molar-refractivity contribution in [1.29, 1.82) is 5.26 Å². The molecule has 0 N–H and O–H groups in total. The number of nitrogens with zero attached hydrogens (tertiary/aromatic N) is 1. The molecule has 0 aliphatic rings. The molecule has 5 heteroatoms. The Hall–Kier alpha value is -0.413. The Morgan fingerprint density at radius 2 is 2.00 bits per heavy atom. The number of nitriles is 1. The van der Waals surface area contributed by atoms with Crippen molar-refractivity contribution in [2.75, 3.05) is 26.1 Å². The maximum Gasteiger partial charge on any atom is 0.232 e. The maximum absolute atomic E-state index is 10.1. The summed E-state index contributed by atoms with van der Waals surface area (Å²) in [6, 6.07) is 1.99. The summed E-state index contributed by atoms with van der Waals surface area (Å²) in [6.45, 7) is 1.71. The Balaban J connectivity index is 2.78. The van der Waals surface area contributed by atoms with Gasteiger partial charge in [0.2, 0.25) is 9.76 Å². The lowest BCUT2D eigenvalue weighted by atomic mass is 10.5. The third kappa shape index (κ3) is 9.59. The second kappa shape index (κ2) is 10.6. The van der Waals surface area contributed by atoms with Gasteiger partial charge in [0, 0.05) is 13.2 Å². The van der Waals surface area contributed by atoms with Crippen molar-refractivity contribution < 1.29 is 14.3 Å². The normalized spacial score (nSPS) is 10.7. The van der Waals surface area contributed by atoms with E-state index in [9.17, 15) is 4.80 Å². The first-order valence-electron chi connectivity index (χ1n) is 4.02. The van der Waals surface area contributed by atoms with Gasteiger partial charge in [-0.2, -0.15) is 5.26 Å². The van der Waals surface area contributed by atoms with Crippen LogP contribution in [0.5, 0.6) is 0 Å². The lowest BCUT2D eigenvalue weighted by Crippen LogP contribution is -2.05. The molecule has 0 bridgehead atoms. The second-order valence-corrected chi connectivity index (χ2v) is 3.01. The van der Waals surface area contributed by atoms with Gasteiger partial charge in [0.15, 0.2) is 0 Å². The minimum absolute atomic E-state index is 0.415. The third-order valence-electron chi connectivity index (χ3n) is 1.16. The van der Waals surface area contributed by atoms with Crippen LogP contribution in [-0.4, -0.2) is 35.8 Å². The predicted octanol–water partition coefficient (Wildman–Crippen LogP) is -0.205. The minimum Gasteiger partial charge on any atom is -0.382 e. The molecule has 0 fully saturated rings. The van der Waals surface area contributed by atoms with E-state index in [1.54, 1.807) is 0 Å². The first kappa shape index (κ1) is 11.6. The molecule has 0 unspecified atom stereocenters. The summed E-state index contributed by atoms with van der Waals surface area (Å²) in [5.74, 6) is 0. The molecule has 0 spiro atoms. The van der Waals surface area contributed by atoms with Crippen LogP contribution >= 0.6 is 0 Å². The fourth-order valence-electron chi connectivity index (χ4n) is 0.644. The fourth-order valence-corrected chi connectivity index (χ4v) is 0.966. The molecule has 0 rings (SSSR count). The van der Waals surface area contributed by atoms with Gasteiger partial charge in [0.05, 0.1) is 25.3 Å². The summed E-state index contributed by atoms with van der Waals surface area (Å²) in [5, 5.41) is 8.15. The van der Waals surface area contributed by atoms with Gasteiger partial charge in [-0.05, 0) is 6.42 Å². The van der Waals surface area contributed by atoms with E-state index in [1.807, 2.05) is 6.07 Å². The van der Waals surface area contributed by atoms with Crippen LogP contribution in [0.2, 0.25) is 0 Å². The van der Waals surface area contributed by atoms with Crippen molar-refractivity contribution in [3.63, 3.8) is 0 Å². The van der Waals surface area contributed by atoms with Crippen LogP contribution in [0.1, 0.15) is 12.8 Å². The van der Waals surface area contributed by atoms with E-state index < -0.39 is 9.76 Å². The maximum atomic E-state index is 10.1. The molecule has 0 saturated heterocycles. The summed E-state index contributed by atoms with van der Waals surface area (Å²) in [7, 11) is -1.19. The molecule has 69 valence electrons. The molecule has 12 heavy (non-hydrogen) atoms. The largest absolute Gasteiger partial charge is 0.382 e. The summed E-state index contributed by atoms with van der Waals surface area (Å²) < 4.78 is 10.1. The Bertz CT molecular complexity index is 126. The van der Waals surface area contributed by atoms with Crippen LogP contribution in [0.4, 0.5) is 0 Å². The van der Waals surface area contributed by atoms with Gasteiger partial charge in [-0.1, -0.05) is 0 Å². The number of rotatable bonds is 8. The highest BCUT2D eigenvalue weighted by Gasteiger charge is 1.90. The standard InChI is InChI=1S/C7H14NO3Si/c8-3-1-4-10-5-2-6-11-7-12-9/h1-2,4-7,12H2. The van der Waals surface area contributed by atoms with Crippen LogP contribution < -0.4 is 0 Å². The highest BCUT2D eigenvalue weighted by atomic mass is 28.2. The van der Waals surface area contributed by atoms with Crippen molar-refractivity contribution in [3.05, 3.63) is 0 Å². The average Bonchev–Trinajstić information content (AvgIpc) is 2.10. The monoisotopic (exact) mass is 188 g/mol. The second-order valence-electron chi connectivity index (χ2n) is 2.19. The third-order valence-corrected chi connectivity index (χ3v) is 1.62. The van der Waals surface area contributed by atoms with Crippen LogP contribution in [0.25, 0.3) is 0 Å². The smallest absolute Gasteiger partial charge is 0.232 e. The number of hydrogen-bond donors (Lipinski definition) is 0. The zero-order valence-corrected chi connectivity index (χ0v) is 8.54. The van der Waals surface area contributed by atoms with E-state index in [2.05, 4.69) is 0 Å². The average molecular weight is 188 g/mol. The summed E-state index contributed by atoms with van der Waals surface area (Å²) in [4.78, 5) is 10.1. The van der Waals surface area contributed by atoms with E-state index in [0.29, 0.717) is 32.5 Å². The topological polar surface area (TPSA) is 62.1 Å². The number of ether oxygens (including phenoxy) is 2. The highest BCUT2D eigenvalue weighted by Crippen LogP contribution is 1.86. The Labute approximate surface area is 75.0 Å². The first-order valence-corrected chi connectivity index (χ1v) is 5.60. The summed E-state index contributed by atoms with van der Waals surface area (Å²) >= 11 is 0. The molecule has 0 atom stereocenters. The van der Waals surface area contributed by atoms with Gasteiger partial charge in [-0.25, -0.2) is 0 Å². The van der Waals surface area contributed by atoms with Gasteiger partial charge in [0.25, 0.3) is 0 Å². The molecule has 4 nitrogen and oxygen atoms in total. The molecule has 0 heterocycles. The van der Waals surface area contributed by atoms with E-state index >= 15 is 0 Å². The molecule has 0 aromatic heterocycles. The van der Waals surface area contributed by atoms with Crippen LogP contribution in [0, 0.1) is 11.3 Å². The van der Waals surface area contributed by atoms with Gasteiger partial charge < -0.3 is 14.3 Å². The molecule has 0 aliphatic heterocycles. The zero-order valence-electron chi connectivity index (χ0n) is 7.12. The predicted molar refractivity (Wildman–Crippen MR) is 45.7 cm³/mol. The van der Waals surface area contributed by atoms with Crippen molar-refractivity contribution in [3.8, 4) is 6.07 Å². The SMILES string of the molecule is N#CCCOCCCOC[SiH2][O]. The molecule has 0 aromatic rings. The zero-order chi connectivity index (χ0) is 9.07. The quantitative estimate of drug-likeness (QED) is 0.391.